The van der Waals surface area contributed by atoms with E-state index in [0.29, 0.717) is 0 Å². The molecule has 0 spiro atoms. The fourth-order valence-electron chi connectivity index (χ4n) is 1.27. The van der Waals surface area contributed by atoms with Crippen molar-refractivity contribution < 1.29 is 19.1 Å². The van der Waals surface area contributed by atoms with Crippen molar-refractivity contribution in [1.29, 1.82) is 0 Å². The average Bonchev–Trinajstić information content (AvgIpc) is 2.44. The van der Waals surface area contributed by atoms with Crippen LogP contribution in [0.4, 0.5) is 0 Å². The summed E-state index contributed by atoms with van der Waals surface area (Å²) in [5.74, 6) is 0.346. The standard InChI is InChI=1S/C14H17NO4/c1-11(9-15-19-10-14(16)18-3)8-12-4-6-13(17-2)7-5-12/h4-9H,10H2,1-3H3/b11-8+,15-9+. The number of benzene rings is 1. The smallest absolute Gasteiger partial charge is 0.346 e. The Bertz CT molecular complexity index is 463. The Kier molecular flexibility index (Phi) is 6.15. The van der Waals surface area contributed by atoms with Crippen LogP contribution in [-0.4, -0.2) is 33.0 Å². The molecule has 0 heterocycles. The molecular formula is C14H17NO4. The van der Waals surface area contributed by atoms with Crippen LogP contribution in [0.3, 0.4) is 0 Å². The summed E-state index contributed by atoms with van der Waals surface area (Å²) in [5, 5.41) is 3.67. The predicted octanol–water partition coefficient (Wildman–Crippen LogP) is 2.27. The maximum absolute atomic E-state index is 10.8. The molecule has 0 radical (unpaired) electrons. The predicted molar refractivity (Wildman–Crippen MR) is 73.1 cm³/mol. The van der Waals surface area contributed by atoms with E-state index in [4.69, 9.17) is 9.57 Å². The van der Waals surface area contributed by atoms with Gasteiger partial charge in [-0.2, -0.15) is 0 Å². The van der Waals surface area contributed by atoms with Gasteiger partial charge in [-0.15, -0.1) is 0 Å². The van der Waals surface area contributed by atoms with E-state index in [0.717, 1.165) is 16.9 Å². The largest absolute Gasteiger partial charge is 0.497 e. The van der Waals surface area contributed by atoms with E-state index in [9.17, 15) is 4.79 Å². The van der Waals surface area contributed by atoms with Gasteiger partial charge in [-0.25, -0.2) is 4.79 Å². The van der Waals surface area contributed by atoms with E-state index < -0.39 is 5.97 Å². The number of nitrogens with zero attached hydrogens (tertiary/aromatic N) is 1. The summed E-state index contributed by atoms with van der Waals surface area (Å²) in [4.78, 5) is 15.5. The highest BCUT2D eigenvalue weighted by Gasteiger charge is 1.97. The van der Waals surface area contributed by atoms with Gasteiger partial charge in [0.05, 0.1) is 20.4 Å². The van der Waals surface area contributed by atoms with Crippen LogP contribution in [-0.2, 0) is 14.4 Å². The number of carbonyl (C=O) groups excluding carboxylic acids is 1. The monoisotopic (exact) mass is 263 g/mol. The third-order valence-corrected chi connectivity index (χ3v) is 2.25. The zero-order chi connectivity index (χ0) is 14.1. The van der Waals surface area contributed by atoms with Crippen molar-refractivity contribution in [2.75, 3.05) is 20.8 Å². The van der Waals surface area contributed by atoms with E-state index in [1.807, 2.05) is 37.3 Å². The second-order valence-corrected chi connectivity index (χ2v) is 3.75. The lowest BCUT2D eigenvalue weighted by atomic mass is 10.1. The highest BCUT2D eigenvalue weighted by atomic mass is 16.6. The molecule has 5 nitrogen and oxygen atoms in total. The maximum Gasteiger partial charge on any atom is 0.346 e. The maximum atomic E-state index is 10.8. The molecule has 0 N–H and O–H groups in total. The number of oxime groups is 1. The molecular weight excluding hydrogens is 246 g/mol. The first-order chi connectivity index (χ1) is 9.15. The normalized spacial score (nSPS) is 11.4. The molecule has 0 fully saturated rings. The van der Waals surface area contributed by atoms with E-state index in [-0.39, 0.29) is 6.61 Å². The molecule has 0 atom stereocenters. The van der Waals surface area contributed by atoms with Crippen LogP contribution in [0.15, 0.2) is 35.0 Å². The molecule has 19 heavy (non-hydrogen) atoms. The molecule has 0 saturated carbocycles. The summed E-state index contributed by atoms with van der Waals surface area (Å²) in [6, 6.07) is 7.63. The van der Waals surface area contributed by atoms with E-state index in [1.165, 1.54) is 13.3 Å². The van der Waals surface area contributed by atoms with Crippen molar-refractivity contribution in [3.05, 3.63) is 35.4 Å². The van der Waals surface area contributed by atoms with Gasteiger partial charge in [0.1, 0.15) is 5.75 Å². The van der Waals surface area contributed by atoms with Crippen LogP contribution in [0, 0.1) is 0 Å². The Morgan fingerprint density at radius 1 is 1.26 bits per heavy atom. The molecule has 0 amide bonds. The van der Waals surface area contributed by atoms with Gasteiger partial charge in [-0.1, -0.05) is 23.4 Å². The lowest BCUT2D eigenvalue weighted by Crippen LogP contribution is -2.07. The minimum Gasteiger partial charge on any atom is -0.497 e. The molecule has 0 aliphatic heterocycles. The first-order valence-corrected chi connectivity index (χ1v) is 5.70. The van der Waals surface area contributed by atoms with Crippen LogP contribution in [0.5, 0.6) is 5.75 Å². The van der Waals surface area contributed by atoms with Gasteiger partial charge in [0.15, 0.2) is 0 Å². The second kappa shape index (κ2) is 7.92. The van der Waals surface area contributed by atoms with E-state index >= 15 is 0 Å². The lowest BCUT2D eigenvalue weighted by Gasteiger charge is -2.00. The molecule has 1 rings (SSSR count). The van der Waals surface area contributed by atoms with Gasteiger partial charge < -0.3 is 14.3 Å². The number of hydrogen-bond donors (Lipinski definition) is 0. The van der Waals surface area contributed by atoms with Gasteiger partial charge in [0, 0.05) is 0 Å². The zero-order valence-corrected chi connectivity index (χ0v) is 11.3. The Labute approximate surface area is 112 Å². The number of rotatable bonds is 6. The Hall–Kier alpha value is -2.30. The SMILES string of the molecule is COC(=O)CO/N=C/C(C)=C/c1ccc(OC)cc1. The number of methoxy groups -OCH3 is 2. The van der Waals surface area contributed by atoms with Crippen molar-refractivity contribution >= 4 is 18.3 Å². The fourth-order valence-corrected chi connectivity index (χ4v) is 1.27. The second-order valence-electron chi connectivity index (χ2n) is 3.75. The Morgan fingerprint density at radius 3 is 2.53 bits per heavy atom. The van der Waals surface area contributed by atoms with Crippen LogP contribution in [0.1, 0.15) is 12.5 Å². The van der Waals surface area contributed by atoms with E-state index in [1.54, 1.807) is 7.11 Å². The molecule has 0 aliphatic carbocycles. The summed E-state index contributed by atoms with van der Waals surface area (Å²) in [6.07, 6.45) is 3.47. The number of allylic oxidation sites excluding steroid dienone is 1. The van der Waals surface area contributed by atoms with Crippen molar-refractivity contribution in [1.82, 2.24) is 0 Å². The molecule has 0 aromatic heterocycles. The highest BCUT2D eigenvalue weighted by molar-refractivity contribution is 5.84. The average molecular weight is 263 g/mol. The van der Waals surface area contributed by atoms with Gasteiger partial charge in [0.2, 0.25) is 6.61 Å². The van der Waals surface area contributed by atoms with Crippen LogP contribution in [0.25, 0.3) is 6.08 Å². The van der Waals surface area contributed by atoms with Crippen LogP contribution >= 0.6 is 0 Å². The summed E-state index contributed by atoms with van der Waals surface area (Å²) in [6.45, 7) is 1.69. The highest BCUT2D eigenvalue weighted by Crippen LogP contribution is 2.13. The summed E-state index contributed by atoms with van der Waals surface area (Å²) in [5.41, 5.74) is 1.92. The molecule has 102 valence electrons. The minimum absolute atomic E-state index is 0.192. The molecule has 0 saturated heterocycles. The van der Waals surface area contributed by atoms with Gasteiger partial charge in [-0.3, -0.25) is 0 Å². The summed E-state index contributed by atoms with van der Waals surface area (Å²) in [7, 11) is 2.92. The first-order valence-electron chi connectivity index (χ1n) is 5.70. The number of carbonyl (C=O) groups is 1. The van der Waals surface area contributed by atoms with E-state index in [2.05, 4.69) is 9.89 Å². The van der Waals surface area contributed by atoms with Crippen LogP contribution < -0.4 is 4.74 Å². The van der Waals surface area contributed by atoms with Gasteiger partial charge >= 0.3 is 5.97 Å². The third kappa shape index (κ3) is 5.72. The molecule has 1 aromatic rings. The molecule has 0 bridgehead atoms. The summed E-state index contributed by atoms with van der Waals surface area (Å²) >= 11 is 0. The number of hydrogen-bond acceptors (Lipinski definition) is 5. The van der Waals surface area contributed by atoms with Crippen molar-refractivity contribution in [3.8, 4) is 5.75 Å². The van der Waals surface area contributed by atoms with Crippen LogP contribution in [0.2, 0.25) is 0 Å². The fraction of sp³-hybridized carbons (Fsp3) is 0.286. The van der Waals surface area contributed by atoms with Crippen molar-refractivity contribution in [3.63, 3.8) is 0 Å². The first kappa shape index (κ1) is 14.8. The lowest BCUT2D eigenvalue weighted by molar-refractivity contribution is -0.145. The molecule has 0 unspecified atom stereocenters. The number of ether oxygens (including phenoxy) is 2. The third-order valence-electron chi connectivity index (χ3n) is 2.25. The summed E-state index contributed by atoms with van der Waals surface area (Å²) < 4.78 is 9.49. The topological polar surface area (TPSA) is 57.1 Å². The van der Waals surface area contributed by atoms with Gasteiger partial charge in [-0.05, 0) is 30.2 Å². The molecule has 1 aromatic carbocycles. The van der Waals surface area contributed by atoms with Gasteiger partial charge in [0.25, 0.3) is 0 Å². The quantitative estimate of drug-likeness (QED) is 0.449. The minimum atomic E-state index is -0.464. The molecule has 0 aliphatic rings. The zero-order valence-electron chi connectivity index (χ0n) is 11.3. The van der Waals surface area contributed by atoms with Crippen molar-refractivity contribution in [2.45, 2.75) is 6.92 Å². The van der Waals surface area contributed by atoms with Crippen molar-refractivity contribution in [2.24, 2.45) is 5.16 Å². The molecule has 5 heteroatoms. The Morgan fingerprint density at radius 2 is 1.95 bits per heavy atom. The Balaban J connectivity index is 2.51. The number of esters is 1.